The van der Waals surface area contributed by atoms with Gasteiger partial charge in [0.15, 0.2) is 0 Å². The van der Waals surface area contributed by atoms with Crippen LogP contribution in [0.4, 0.5) is 4.79 Å². The largest absolute Gasteiger partial charge is 0.497 e. The molecule has 0 unspecified atom stereocenters. The smallest absolute Gasteiger partial charge is 0.318 e. The molecule has 5 aromatic rings. The van der Waals surface area contributed by atoms with Crippen molar-refractivity contribution in [2.75, 3.05) is 7.11 Å². The molecule has 1 aliphatic rings. The number of hydrogen-bond donors (Lipinski definition) is 1. The van der Waals surface area contributed by atoms with Gasteiger partial charge in [-0.3, -0.25) is 0 Å². The highest BCUT2D eigenvalue weighted by Gasteiger charge is 2.36. The number of ether oxygens (including phenoxy) is 1. The Hall–Kier alpha value is -4.78. The van der Waals surface area contributed by atoms with Crippen LogP contribution in [-0.2, 0) is 13.1 Å². The van der Waals surface area contributed by atoms with Gasteiger partial charge in [0.25, 0.3) is 0 Å². The van der Waals surface area contributed by atoms with E-state index in [1.807, 2.05) is 65.0 Å². The van der Waals surface area contributed by atoms with E-state index in [4.69, 9.17) is 9.84 Å². The summed E-state index contributed by atoms with van der Waals surface area (Å²) in [5, 5.41) is 8.13. The van der Waals surface area contributed by atoms with Crippen LogP contribution in [0.3, 0.4) is 0 Å². The molecule has 0 aliphatic carbocycles. The number of urea groups is 1. The van der Waals surface area contributed by atoms with Crippen molar-refractivity contribution in [1.82, 2.24) is 24.6 Å². The molecule has 0 fully saturated rings. The Labute approximate surface area is 241 Å². The van der Waals surface area contributed by atoms with E-state index in [0.29, 0.717) is 19.0 Å². The molecule has 41 heavy (non-hydrogen) atoms. The highest BCUT2D eigenvalue weighted by molar-refractivity contribution is 5.76. The number of amides is 2. The van der Waals surface area contributed by atoms with Crippen LogP contribution < -0.4 is 10.1 Å². The van der Waals surface area contributed by atoms with Crippen LogP contribution in [0.5, 0.6) is 5.75 Å². The Kier molecular flexibility index (Phi) is 7.10. The maximum absolute atomic E-state index is 14.1. The van der Waals surface area contributed by atoms with Gasteiger partial charge in [-0.25, -0.2) is 9.48 Å². The Balaban J connectivity index is 1.45. The molecule has 2 amide bonds. The summed E-state index contributed by atoms with van der Waals surface area (Å²) in [7, 11) is 1.65. The lowest BCUT2D eigenvalue weighted by molar-refractivity contribution is 0.180. The van der Waals surface area contributed by atoms with Crippen molar-refractivity contribution in [3.8, 4) is 17.3 Å². The van der Waals surface area contributed by atoms with Gasteiger partial charge in [0.2, 0.25) is 0 Å². The van der Waals surface area contributed by atoms with E-state index < -0.39 is 0 Å². The number of carbonyl (C=O) groups excluding carboxylic acids is 1. The Morgan fingerprint density at radius 1 is 1.00 bits per heavy atom. The summed E-state index contributed by atoms with van der Waals surface area (Å²) < 4.78 is 9.57. The average molecular weight is 546 g/mol. The van der Waals surface area contributed by atoms with Gasteiger partial charge in [-0.15, -0.1) is 0 Å². The van der Waals surface area contributed by atoms with E-state index in [2.05, 4.69) is 72.4 Å². The zero-order valence-corrected chi connectivity index (χ0v) is 23.9. The number of nitrogens with one attached hydrogen (secondary N) is 1. The number of fused-ring (bicyclic) bond motifs is 3. The van der Waals surface area contributed by atoms with Crippen LogP contribution in [0, 0.1) is 6.92 Å². The first-order valence-electron chi connectivity index (χ1n) is 14.0. The van der Waals surface area contributed by atoms with Crippen molar-refractivity contribution in [3.63, 3.8) is 0 Å². The number of rotatable bonds is 6. The van der Waals surface area contributed by atoms with Gasteiger partial charge < -0.3 is 19.5 Å². The normalized spacial score (nSPS) is 14.4. The number of carbonyl (C=O) groups is 1. The molecule has 2 aromatic heterocycles. The molecule has 208 valence electrons. The molecule has 6 rings (SSSR count). The predicted molar refractivity (Wildman–Crippen MR) is 161 cm³/mol. The number of hydrogen-bond acceptors (Lipinski definition) is 3. The molecule has 7 nitrogen and oxygen atoms in total. The van der Waals surface area contributed by atoms with E-state index in [1.165, 1.54) is 5.56 Å². The first-order chi connectivity index (χ1) is 19.9. The monoisotopic (exact) mass is 545 g/mol. The molecule has 1 aliphatic heterocycles. The molecule has 3 aromatic carbocycles. The summed E-state index contributed by atoms with van der Waals surface area (Å²) in [5.41, 5.74) is 7.20. The topological polar surface area (TPSA) is 64.3 Å². The molecular formula is C34H35N5O2. The molecule has 0 saturated heterocycles. The number of methoxy groups -OCH3 is 1. The van der Waals surface area contributed by atoms with Gasteiger partial charge in [0.05, 0.1) is 36.8 Å². The number of benzene rings is 3. The summed E-state index contributed by atoms with van der Waals surface area (Å²) in [5.74, 6) is 2.15. The van der Waals surface area contributed by atoms with E-state index in [-0.39, 0.29) is 12.1 Å². The summed E-state index contributed by atoms with van der Waals surface area (Å²) in [6.45, 7) is 7.21. The zero-order valence-electron chi connectivity index (χ0n) is 23.9. The molecule has 3 heterocycles. The molecule has 0 spiro atoms. The summed E-state index contributed by atoms with van der Waals surface area (Å²) >= 11 is 0. The van der Waals surface area contributed by atoms with Crippen LogP contribution in [0.25, 0.3) is 11.5 Å². The maximum atomic E-state index is 14.1. The highest BCUT2D eigenvalue weighted by Crippen LogP contribution is 2.38. The van der Waals surface area contributed by atoms with E-state index >= 15 is 0 Å². The minimum absolute atomic E-state index is 0.141. The lowest BCUT2D eigenvalue weighted by Crippen LogP contribution is -2.41. The SMILES string of the molecule is COc1cccc(CNC(=O)N2Cc3c(C)nn(-c4ccccc4)c3-n3cccc3[C@@H]2c2ccc(C(C)C)cc2)c1. The standard InChI is InChI=1S/C34H35N5O2/c1-23(2)26-15-17-27(18-16-26)32-31-14-9-19-37(31)33-30(24(3)36-39(33)28-11-6-5-7-12-28)22-38(32)34(40)35-21-25-10-8-13-29(20-25)41-4/h5-20,23,32H,21-22H2,1-4H3,(H,35,40)/t32-/m0/s1. The third-order valence-corrected chi connectivity index (χ3v) is 7.84. The molecule has 0 bridgehead atoms. The summed E-state index contributed by atoms with van der Waals surface area (Å²) in [6, 6.07) is 30.3. The number of para-hydroxylation sites is 1. The fourth-order valence-electron chi connectivity index (χ4n) is 5.62. The first kappa shape index (κ1) is 26.4. The van der Waals surface area contributed by atoms with Gasteiger partial charge in [0, 0.05) is 18.3 Å². The van der Waals surface area contributed by atoms with Crippen LogP contribution in [0.2, 0.25) is 0 Å². The second kappa shape index (κ2) is 11.0. The van der Waals surface area contributed by atoms with Crippen LogP contribution in [0.1, 0.15) is 59.4 Å². The highest BCUT2D eigenvalue weighted by atomic mass is 16.5. The zero-order chi connectivity index (χ0) is 28.5. The Bertz CT molecular complexity index is 1670. The molecular weight excluding hydrogens is 510 g/mol. The third-order valence-electron chi connectivity index (χ3n) is 7.84. The molecule has 1 N–H and O–H groups in total. The molecule has 7 heteroatoms. The molecule has 0 radical (unpaired) electrons. The fourth-order valence-corrected chi connectivity index (χ4v) is 5.62. The minimum Gasteiger partial charge on any atom is -0.497 e. The van der Waals surface area contributed by atoms with Gasteiger partial charge in [0.1, 0.15) is 11.6 Å². The van der Waals surface area contributed by atoms with Gasteiger partial charge in [-0.2, -0.15) is 5.10 Å². The van der Waals surface area contributed by atoms with Crippen molar-refractivity contribution in [1.29, 1.82) is 0 Å². The Morgan fingerprint density at radius 2 is 1.78 bits per heavy atom. The van der Waals surface area contributed by atoms with E-state index in [1.54, 1.807) is 7.11 Å². The van der Waals surface area contributed by atoms with Crippen molar-refractivity contribution in [2.45, 2.75) is 45.8 Å². The van der Waals surface area contributed by atoms with Gasteiger partial charge in [-0.1, -0.05) is 68.4 Å². The lowest BCUT2D eigenvalue weighted by Gasteiger charge is -2.31. The summed E-state index contributed by atoms with van der Waals surface area (Å²) in [4.78, 5) is 16.1. The second-order valence-corrected chi connectivity index (χ2v) is 10.8. The number of nitrogens with zero attached hydrogens (tertiary/aromatic N) is 4. The number of aryl methyl sites for hydroxylation is 1. The summed E-state index contributed by atoms with van der Waals surface area (Å²) in [6.07, 6.45) is 2.07. The van der Waals surface area contributed by atoms with Gasteiger partial charge in [-0.05, 0) is 65.9 Å². The van der Waals surface area contributed by atoms with Crippen LogP contribution >= 0.6 is 0 Å². The minimum atomic E-state index is -0.299. The van der Waals surface area contributed by atoms with Crippen molar-refractivity contribution in [2.24, 2.45) is 0 Å². The average Bonchev–Trinajstić information content (AvgIpc) is 3.56. The fraction of sp³-hybridized carbons (Fsp3) is 0.235. The van der Waals surface area contributed by atoms with Crippen LogP contribution in [-0.4, -0.2) is 32.4 Å². The maximum Gasteiger partial charge on any atom is 0.318 e. The quantitative estimate of drug-likeness (QED) is 0.252. The van der Waals surface area contributed by atoms with E-state index in [9.17, 15) is 4.79 Å². The van der Waals surface area contributed by atoms with Crippen molar-refractivity contribution in [3.05, 3.63) is 131 Å². The Morgan fingerprint density at radius 3 is 2.51 bits per heavy atom. The van der Waals surface area contributed by atoms with Gasteiger partial charge >= 0.3 is 6.03 Å². The molecule has 1 atom stereocenters. The predicted octanol–water partition coefficient (Wildman–Crippen LogP) is 6.92. The second-order valence-electron chi connectivity index (χ2n) is 10.8. The first-order valence-corrected chi connectivity index (χ1v) is 14.0. The van der Waals surface area contributed by atoms with Crippen LogP contribution in [0.15, 0.2) is 97.2 Å². The van der Waals surface area contributed by atoms with E-state index in [0.717, 1.165) is 45.3 Å². The van der Waals surface area contributed by atoms with Crippen molar-refractivity contribution >= 4 is 6.03 Å². The third kappa shape index (κ3) is 4.99. The van der Waals surface area contributed by atoms with Crippen molar-refractivity contribution < 1.29 is 9.53 Å². The molecule has 0 saturated carbocycles. The number of aromatic nitrogens is 3. The lowest BCUT2D eigenvalue weighted by atomic mass is 9.97.